The molecule has 0 fully saturated rings. The van der Waals surface area contributed by atoms with Crippen LogP contribution in [-0.2, 0) is 119 Å². The normalized spacial score (nSPS) is 9.51. The summed E-state index contributed by atoms with van der Waals surface area (Å²) in [6, 6.07) is 0. The zero-order valence-corrected chi connectivity index (χ0v) is 58.8. The minimum atomic E-state index is -0.951. The minimum absolute atomic E-state index is 0. The molecule has 0 aromatic rings. The summed E-state index contributed by atoms with van der Waals surface area (Å²) in [6.45, 7) is 35.0. The van der Waals surface area contributed by atoms with E-state index in [1.165, 1.54) is 105 Å². The molecule has 1 N–H and O–H groups in total. The van der Waals surface area contributed by atoms with Gasteiger partial charge in [-0.05, 0) is 88.5 Å². The minimum Gasteiger partial charge on any atom is -0.469 e. The first kappa shape index (κ1) is 109. The number of methoxy groups -OCH3 is 12. The Labute approximate surface area is 527 Å². The van der Waals surface area contributed by atoms with Gasteiger partial charge in [-0.15, -0.1) is 0 Å². The molecule has 0 heterocycles. The summed E-state index contributed by atoms with van der Waals surface area (Å²) < 4.78 is 57.1. The van der Waals surface area contributed by atoms with Gasteiger partial charge in [-0.2, -0.15) is 0 Å². The van der Waals surface area contributed by atoms with Crippen LogP contribution in [0, 0.1) is 17.8 Å². The largest absolute Gasteiger partial charge is 0.469 e. The maximum atomic E-state index is 10.8. The van der Waals surface area contributed by atoms with Crippen LogP contribution in [0.25, 0.3) is 0 Å². The van der Waals surface area contributed by atoms with E-state index < -0.39 is 17.2 Å². The molecule has 0 amide bonds. The maximum Gasteiger partial charge on any atom is 0.333 e. The van der Waals surface area contributed by atoms with E-state index in [1.807, 2.05) is 55.4 Å². The lowest BCUT2D eigenvalue weighted by molar-refractivity contribution is -0.160. The second-order valence-corrected chi connectivity index (χ2v) is 19.3. The second kappa shape index (κ2) is 72.3. The Hall–Kier alpha value is -7.22. The van der Waals surface area contributed by atoms with Crippen molar-refractivity contribution >= 4 is 71.6 Å². The van der Waals surface area contributed by atoms with Crippen LogP contribution in [0.1, 0.15) is 178 Å². The molecule has 1 atom stereocenters. The highest BCUT2D eigenvalue weighted by Gasteiger charge is 2.25. The summed E-state index contributed by atoms with van der Waals surface area (Å²) >= 11 is 0. The van der Waals surface area contributed by atoms with E-state index in [9.17, 15) is 57.5 Å². The van der Waals surface area contributed by atoms with Gasteiger partial charge < -0.3 is 66.7 Å². The molecule has 26 nitrogen and oxygen atoms in total. The third-order valence-corrected chi connectivity index (χ3v) is 8.80. The van der Waals surface area contributed by atoms with Crippen LogP contribution >= 0.6 is 0 Å². The molecule has 88 heavy (non-hydrogen) atoms. The van der Waals surface area contributed by atoms with Gasteiger partial charge in [0.1, 0.15) is 12.2 Å². The molecule has 0 rings (SSSR count). The van der Waals surface area contributed by atoms with E-state index in [0.717, 1.165) is 17.6 Å². The summed E-state index contributed by atoms with van der Waals surface area (Å²) in [7, 11) is 16.4. The molecule has 0 bridgehead atoms. The van der Waals surface area contributed by atoms with Crippen LogP contribution in [0.15, 0.2) is 34.4 Å². The van der Waals surface area contributed by atoms with Crippen LogP contribution in [0.2, 0.25) is 0 Å². The van der Waals surface area contributed by atoms with Crippen molar-refractivity contribution in [3.63, 3.8) is 0 Å². The van der Waals surface area contributed by atoms with Crippen molar-refractivity contribution in [1.82, 2.24) is 0 Å². The smallest absolute Gasteiger partial charge is 0.333 e. The van der Waals surface area contributed by atoms with E-state index in [2.05, 4.69) is 56.8 Å². The molecule has 1 unspecified atom stereocenters. The summed E-state index contributed by atoms with van der Waals surface area (Å²) in [4.78, 5) is 124. The first-order chi connectivity index (χ1) is 39.7. The van der Waals surface area contributed by atoms with Crippen molar-refractivity contribution in [2.75, 3.05) is 91.9 Å². The van der Waals surface area contributed by atoms with Crippen molar-refractivity contribution in [2.24, 2.45) is 17.8 Å². The Kier molecular flexibility index (Phi) is 89.2. The van der Waals surface area contributed by atoms with Gasteiger partial charge in [0.25, 0.3) is 0 Å². The van der Waals surface area contributed by atoms with Gasteiger partial charge in [0.15, 0.2) is 0 Å². The number of allylic oxidation sites excluding steroid dienone is 3. The number of esters is 12. The van der Waals surface area contributed by atoms with E-state index in [-0.39, 0.29) is 104 Å². The summed E-state index contributed by atoms with van der Waals surface area (Å²) in [5.74, 6) is -2.64. The van der Waals surface area contributed by atoms with E-state index in [0.29, 0.717) is 29.9 Å². The number of hydrogen-bond donors (Lipinski definition) is 1. The Morgan fingerprint density at radius 3 is 0.989 bits per heavy atom. The first-order valence-corrected chi connectivity index (χ1v) is 26.9. The van der Waals surface area contributed by atoms with Crippen molar-refractivity contribution < 1.29 is 124 Å². The molecular weight excluding hydrogens is 1160 g/mol. The first-order valence-electron chi connectivity index (χ1n) is 26.9. The predicted molar refractivity (Wildman–Crippen MR) is 335 cm³/mol. The maximum absolute atomic E-state index is 10.8. The molecule has 0 aliphatic carbocycles. The molecule has 26 heteroatoms. The molecule has 0 saturated carbocycles. The van der Waals surface area contributed by atoms with Crippen molar-refractivity contribution in [3.8, 4) is 0 Å². The molecule has 0 aromatic heterocycles. The molecule has 0 aliphatic heterocycles. The lowest BCUT2D eigenvalue weighted by Gasteiger charge is -2.22. The summed E-state index contributed by atoms with van der Waals surface area (Å²) in [5, 5.41) is 9.02. The SMILES string of the molecule is C.CC=C(C)C(=O)OC.CCC(=O)OC.CCC(C)C(=O)OC.COC(=O)C(C)=C(C)C.COC(=O)C(C)C.COC(=O)C=C(C)C.COC(=O)CC(C)(C)O.COC(=O)CC(C)(C)OC(C)=O.COC(=O)CC(C)C.COC(C)=O.COCC(=O)OC. The third-order valence-electron chi connectivity index (χ3n) is 8.80. The average Bonchev–Trinajstić information content (AvgIpc) is 3.45. The quantitative estimate of drug-likeness (QED) is 0.0853. The lowest BCUT2D eigenvalue weighted by Crippen LogP contribution is -2.30. The number of rotatable bonds is 16. The lowest BCUT2D eigenvalue weighted by atomic mass is 10.1. The monoisotopic (exact) mass is 1280 g/mol. The fourth-order valence-electron chi connectivity index (χ4n) is 3.54. The number of carbonyl (C=O) groups is 12. The molecule has 0 radical (unpaired) electrons. The van der Waals surface area contributed by atoms with Crippen LogP contribution in [-0.4, -0.2) is 180 Å². The van der Waals surface area contributed by atoms with Crippen LogP contribution in [0.5, 0.6) is 0 Å². The van der Waals surface area contributed by atoms with E-state index >= 15 is 0 Å². The van der Waals surface area contributed by atoms with Gasteiger partial charge in [0.05, 0.1) is 108 Å². The highest BCUT2D eigenvalue weighted by atomic mass is 16.6. The Bertz CT molecular complexity index is 1960. The zero-order valence-electron chi connectivity index (χ0n) is 58.8. The standard InChI is InChI=1S/C8H14O4.C7H12O2.C6H12O3.C6H12O2.C6H10O2.C6H12O2.C6H10O2.C5H10O2.C4H8O3.C4H8O2.C3H6O2.CH4/c1-6(9)12-8(2,3)5-7(10)11-4;1-5(2)6(3)7(8)9-4;1-6(2,8)4-5(7)9-3;2*1-5(2)4-6(7)8-3;2*1-4-5(2)6(7)8-3;1-4(2)5(6)7-3;1-6-3-4(5)7-2;1-3-4(5)6-2;1-3(4)5-2;/h5H2,1-4H3;1-4H3;8H,4H2,1-3H3;5H,4H2,1-3H3;4H,1-3H3;5H,4H2,1-3H3;4H,1-3H3;4H,1-3H3;3H2,1-2H3;3H2,1-2H3;1-2H3;1H4. The second-order valence-electron chi connectivity index (χ2n) is 19.3. The fraction of sp³-hybridized carbons (Fsp3) is 0.710. The molecule has 0 saturated heterocycles. The van der Waals surface area contributed by atoms with E-state index in [1.54, 1.807) is 75.3 Å². The van der Waals surface area contributed by atoms with Gasteiger partial charge in [0, 0.05) is 51.0 Å². The topological polar surface area (TPSA) is 345 Å². The van der Waals surface area contributed by atoms with Gasteiger partial charge in [-0.25, -0.2) is 19.2 Å². The van der Waals surface area contributed by atoms with Gasteiger partial charge in [0.2, 0.25) is 0 Å². The molecule has 0 aliphatic rings. The van der Waals surface area contributed by atoms with E-state index in [4.69, 9.17) is 9.84 Å². The van der Waals surface area contributed by atoms with Crippen LogP contribution in [0.4, 0.5) is 0 Å². The molecule has 522 valence electrons. The molecular formula is C62H118O26. The fourth-order valence-corrected chi connectivity index (χ4v) is 3.54. The third kappa shape index (κ3) is 107. The van der Waals surface area contributed by atoms with Gasteiger partial charge >= 0.3 is 71.6 Å². The van der Waals surface area contributed by atoms with Crippen LogP contribution < -0.4 is 0 Å². The molecule has 0 aromatic carbocycles. The Morgan fingerprint density at radius 2 is 0.864 bits per heavy atom. The highest BCUT2D eigenvalue weighted by molar-refractivity contribution is 5.88. The number of carbonyl (C=O) groups excluding carboxylic acids is 12. The highest BCUT2D eigenvalue weighted by Crippen LogP contribution is 2.15. The summed E-state index contributed by atoms with van der Waals surface area (Å²) in [6.07, 6.45) is 5.12. The van der Waals surface area contributed by atoms with Gasteiger partial charge in [-0.1, -0.05) is 73.1 Å². The number of hydrogen-bond acceptors (Lipinski definition) is 26. The predicted octanol–water partition coefficient (Wildman–Crippen LogP) is 9.40. The Morgan fingerprint density at radius 1 is 0.477 bits per heavy atom. The Balaban J connectivity index is -0.0000000725. The number of ether oxygens (including phenoxy) is 13. The average molecular weight is 1280 g/mol. The molecule has 0 spiro atoms. The van der Waals surface area contributed by atoms with Crippen molar-refractivity contribution in [3.05, 3.63) is 34.4 Å². The number of aliphatic hydroxyl groups is 1. The van der Waals surface area contributed by atoms with Crippen molar-refractivity contribution in [1.29, 1.82) is 0 Å². The van der Waals surface area contributed by atoms with Crippen LogP contribution in [0.3, 0.4) is 0 Å². The van der Waals surface area contributed by atoms with Crippen molar-refractivity contribution in [2.45, 2.75) is 189 Å². The summed E-state index contributed by atoms with van der Waals surface area (Å²) in [5.41, 5.74) is 1.56. The zero-order chi connectivity index (χ0) is 71.8. The van der Waals surface area contributed by atoms with Gasteiger partial charge in [-0.3, -0.25) is 38.4 Å².